The third-order valence-electron chi connectivity index (χ3n) is 4.38. The summed E-state index contributed by atoms with van der Waals surface area (Å²) in [6, 6.07) is 11.4. The van der Waals surface area contributed by atoms with E-state index in [9.17, 15) is 0 Å². The summed E-state index contributed by atoms with van der Waals surface area (Å²) in [6.45, 7) is 2.39. The minimum atomic E-state index is 0.725. The Morgan fingerprint density at radius 3 is 3.00 bits per heavy atom. The van der Waals surface area contributed by atoms with Crippen LogP contribution in [0.5, 0.6) is 0 Å². The summed E-state index contributed by atoms with van der Waals surface area (Å²) in [5, 5.41) is 6.00. The van der Waals surface area contributed by atoms with Crippen LogP contribution in [0.15, 0.2) is 30.3 Å². The van der Waals surface area contributed by atoms with Crippen molar-refractivity contribution < 1.29 is 0 Å². The molecule has 4 rings (SSSR count). The van der Waals surface area contributed by atoms with Gasteiger partial charge in [-0.25, -0.2) is 0 Å². The Balaban J connectivity index is 2.37. The molecule has 0 saturated carbocycles. The molecular weight excluding hydrogens is 204 g/mol. The Kier molecular flexibility index (Phi) is 1.80. The van der Waals surface area contributed by atoms with E-state index in [0.717, 1.165) is 5.92 Å². The van der Waals surface area contributed by atoms with Crippen LogP contribution in [0.25, 0.3) is 22.4 Å². The van der Waals surface area contributed by atoms with Gasteiger partial charge < -0.3 is 0 Å². The molecule has 0 bridgehead atoms. The molecule has 0 nitrogen and oxygen atoms in total. The van der Waals surface area contributed by atoms with Crippen molar-refractivity contribution in [3.8, 4) is 0 Å². The first-order valence-electron chi connectivity index (χ1n) is 6.58. The Hall–Kier alpha value is -1.56. The Labute approximate surface area is 101 Å². The van der Waals surface area contributed by atoms with E-state index in [1.54, 1.807) is 16.4 Å². The first-order valence-corrected chi connectivity index (χ1v) is 6.58. The standard InChI is InChI=1S/C17H16/c1-11-10-14-6-2-4-12-8-9-13-5-3-7-15(11)17(13)16(12)14/h2,4-6,8-9,11H,3,7,10H2,1H3. The quantitative estimate of drug-likeness (QED) is 0.640. The molecule has 0 heterocycles. The number of benzene rings is 2. The summed E-state index contributed by atoms with van der Waals surface area (Å²) >= 11 is 0. The average molecular weight is 220 g/mol. The lowest BCUT2D eigenvalue weighted by Gasteiger charge is -2.25. The van der Waals surface area contributed by atoms with Crippen molar-refractivity contribution in [2.45, 2.75) is 26.2 Å². The first kappa shape index (κ1) is 9.47. The molecule has 17 heavy (non-hydrogen) atoms. The van der Waals surface area contributed by atoms with Crippen LogP contribution in [0.4, 0.5) is 0 Å². The fourth-order valence-electron chi connectivity index (χ4n) is 3.61. The minimum Gasteiger partial charge on any atom is -0.0763 e. The molecule has 0 fully saturated rings. The van der Waals surface area contributed by atoms with Crippen molar-refractivity contribution in [1.82, 2.24) is 0 Å². The second kappa shape index (κ2) is 3.22. The number of rotatable bonds is 0. The van der Waals surface area contributed by atoms with E-state index in [1.165, 1.54) is 35.3 Å². The van der Waals surface area contributed by atoms with E-state index < -0.39 is 0 Å². The molecule has 0 saturated heterocycles. The van der Waals surface area contributed by atoms with Crippen molar-refractivity contribution in [2.24, 2.45) is 5.92 Å². The van der Waals surface area contributed by atoms with Crippen LogP contribution in [0.1, 0.15) is 25.3 Å². The van der Waals surface area contributed by atoms with Gasteiger partial charge in [-0.1, -0.05) is 48.9 Å². The normalized spacial score (nSPS) is 21.5. The SMILES string of the molecule is CC1Cc2cccc3ccc4c(c23)=C1CCC=4. The number of hydrogen-bond acceptors (Lipinski definition) is 0. The Morgan fingerprint density at radius 1 is 1.12 bits per heavy atom. The summed E-state index contributed by atoms with van der Waals surface area (Å²) < 4.78 is 0. The maximum atomic E-state index is 2.41. The molecule has 1 unspecified atom stereocenters. The molecule has 0 amide bonds. The lowest BCUT2D eigenvalue weighted by molar-refractivity contribution is 0.704. The van der Waals surface area contributed by atoms with Crippen molar-refractivity contribution in [2.75, 3.05) is 0 Å². The zero-order valence-electron chi connectivity index (χ0n) is 10.2. The molecule has 0 aliphatic heterocycles. The second-order valence-electron chi connectivity index (χ2n) is 5.42. The molecule has 1 atom stereocenters. The molecule has 0 spiro atoms. The van der Waals surface area contributed by atoms with E-state index in [4.69, 9.17) is 0 Å². The van der Waals surface area contributed by atoms with Gasteiger partial charge in [-0.15, -0.1) is 0 Å². The van der Waals surface area contributed by atoms with Crippen LogP contribution in [0.3, 0.4) is 0 Å². The fourth-order valence-corrected chi connectivity index (χ4v) is 3.61. The minimum absolute atomic E-state index is 0.725. The van der Waals surface area contributed by atoms with Crippen LogP contribution in [0.2, 0.25) is 0 Å². The topological polar surface area (TPSA) is 0 Å². The molecule has 84 valence electrons. The third-order valence-corrected chi connectivity index (χ3v) is 4.38. The van der Waals surface area contributed by atoms with Crippen LogP contribution in [-0.2, 0) is 6.42 Å². The Bertz CT molecular complexity index is 734. The average Bonchev–Trinajstić information content (AvgIpc) is 2.37. The summed E-state index contributed by atoms with van der Waals surface area (Å²) in [5.74, 6) is 0.725. The van der Waals surface area contributed by atoms with Crippen LogP contribution in [-0.4, -0.2) is 0 Å². The zero-order chi connectivity index (χ0) is 11.4. The van der Waals surface area contributed by atoms with Gasteiger partial charge in [0, 0.05) is 0 Å². The predicted octanol–water partition coefficient (Wildman–Crippen LogP) is 2.76. The lowest BCUT2D eigenvalue weighted by Crippen LogP contribution is -2.35. The monoisotopic (exact) mass is 220 g/mol. The molecular formula is C17H16. The highest BCUT2D eigenvalue weighted by Gasteiger charge is 2.20. The van der Waals surface area contributed by atoms with Gasteiger partial charge in [0.1, 0.15) is 0 Å². The largest absolute Gasteiger partial charge is 0.0763 e. The molecule has 0 aromatic heterocycles. The van der Waals surface area contributed by atoms with Gasteiger partial charge in [0.25, 0.3) is 0 Å². The summed E-state index contributed by atoms with van der Waals surface area (Å²) in [4.78, 5) is 0. The second-order valence-corrected chi connectivity index (χ2v) is 5.42. The lowest BCUT2D eigenvalue weighted by atomic mass is 9.79. The van der Waals surface area contributed by atoms with Crippen molar-refractivity contribution >= 4 is 22.4 Å². The molecule has 2 aromatic rings. The summed E-state index contributed by atoms with van der Waals surface area (Å²) in [5.41, 5.74) is 3.25. The summed E-state index contributed by atoms with van der Waals surface area (Å²) in [7, 11) is 0. The van der Waals surface area contributed by atoms with Crippen molar-refractivity contribution in [3.05, 3.63) is 46.3 Å². The molecule has 2 aliphatic rings. The van der Waals surface area contributed by atoms with Gasteiger partial charge in [0.15, 0.2) is 0 Å². The highest BCUT2D eigenvalue weighted by Crippen LogP contribution is 2.29. The van der Waals surface area contributed by atoms with Gasteiger partial charge in [-0.3, -0.25) is 0 Å². The number of hydrogen-bond donors (Lipinski definition) is 0. The van der Waals surface area contributed by atoms with Gasteiger partial charge in [-0.05, 0) is 52.0 Å². The van der Waals surface area contributed by atoms with Gasteiger partial charge in [-0.2, -0.15) is 0 Å². The Morgan fingerprint density at radius 2 is 2.06 bits per heavy atom. The van der Waals surface area contributed by atoms with E-state index in [2.05, 4.69) is 43.3 Å². The zero-order valence-corrected chi connectivity index (χ0v) is 10.2. The van der Waals surface area contributed by atoms with Gasteiger partial charge in [0.05, 0.1) is 0 Å². The van der Waals surface area contributed by atoms with Crippen molar-refractivity contribution in [1.29, 1.82) is 0 Å². The van der Waals surface area contributed by atoms with Crippen molar-refractivity contribution in [3.63, 3.8) is 0 Å². The highest BCUT2D eigenvalue weighted by molar-refractivity contribution is 5.90. The first-order chi connectivity index (χ1) is 8.34. The van der Waals surface area contributed by atoms with E-state index in [-0.39, 0.29) is 0 Å². The molecule has 0 heteroatoms. The van der Waals surface area contributed by atoms with E-state index >= 15 is 0 Å². The fraction of sp³-hybridized carbons (Fsp3) is 0.294. The van der Waals surface area contributed by atoms with Crippen LogP contribution < -0.4 is 10.4 Å². The third kappa shape index (κ3) is 1.18. The summed E-state index contributed by atoms with van der Waals surface area (Å²) in [6.07, 6.45) is 6.12. The highest BCUT2D eigenvalue weighted by atomic mass is 14.2. The van der Waals surface area contributed by atoms with Gasteiger partial charge >= 0.3 is 0 Å². The molecule has 0 radical (unpaired) electrons. The molecule has 2 aromatic carbocycles. The maximum Gasteiger partial charge on any atom is -0.00736 e. The van der Waals surface area contributed by atoms with Crippen LogP contribution in [0, 0.1) is 5.92 Å². The molecule has 2 aliphatic carbocycles. The maximum absolute atomic E-state index is 2.41. The van der Waals surface area contributed by atoms with Crippen LogP contribution >= 0.6 is 0 Å². The van der Waals surface area contributed by atoms with E-state index in [1.807, 2.05) is 0 Å². The molecule has 0 N–H and O–H groups in total. The van der Waals surface area contributed by atoms with Gasteiger partial charge in [0.2, 0.25) is 0 Å². The van der Waals surface area contributed by atoms with E-state index in [0.29, 0.717) is 0 Å². The predicted molar refractivity (Wildman–Crippen MR) is 73.2 cm³/mol. The smallest absolute Gasteiger partial charge is 0.00736 e.